The number of amides is 1. The van der Waals surface area contributed by atoms with Crippen molar-refractivity contribution in [2.24, 2.45) is 0 Å². The maximum atomic E-state index is 13.5. The Labute approximate surface area is 143 Å². The van der Waals surface area contributed by atoms with E-state index in [0.717, 1.165) is 4.57 Å². The lowest BCUT2D eigenvalue weighted by Gasteiger charge is -2.35. The molecule has 1 fully saturated rings. The molecule has 3 rings (SSSR count). The minimum Gasteiger partial charge on any atom is -0.353 e. The molecule has 1 aliphatic heterocycles. The van der Waals surface area contributed by atoms with Crippen molar-refractivity contribution < 1.29 is 9.18 Å². The topological polar surface area (TPSA) is 87.2 Å². The summed E-state index contributed by atoms with van der Waals surface area (Å²) in [6.45, 7) is 3.12. The molecule has 0 bridgehead atoms. The lowest BCUT2D eigenvalue weighted by molar-refractivity contribution is -0.129. The Balaban J connectivity index is 1.84. The monoisotopic (exact) mass is 346 g/mol. The standard InChI is InChI=1S/C17H19FN4O3/c1-11-9-14(23)22(17(25)20-11)8-7-21-6-5-19-16(24)15(21)12-3-2-4-13(18)10-12/h2-4,9-10,15H,5-8H2,1H3,(H,19,24)(H,20,25)/t15-/m1/s1. The van der Waals surface area contributed by atoms with Crippen molar-refractivity contribution in [2.75, 3.05) is 19.6 Å². The summed E-state index contributed by atoms with van der Waals surface area (Å²) in [5, 5.41) is 2.77. The third-order valence-corrected chi connectivity index (χ3v) is 4.24. The van der Waals surface area contributed by atoms with E-state index in [4.69, 9.17) is 0 Å². The van der Waals surface area contributed by atoms with Crippen LogP contribution in [-0.2, 0) is 11.3 Å². The summed E-state index contributed by atoms with van der Waals surface area (Å²) in [5.41, 5.74) is 0.183. The molecule has 1 aliphatic rings. The lowest BCUT2D eigenvalue weighted by atomic mass is 10.0. The van der Waals surface area contributed by atoms with Gasteiger partial charge in [-0.2, -0.15) is 0 Å². The number of nitrogens with one attached hydrogen (secondary N) is 2. The van der Waals surface area contributed by atoms with Gasteiger partial charge < -0.3 is 10.3 Å². The van der Waals surface area contributed by atoms with Gasteiger partial charge in [0.1, 0.15) is 11.9 Å². The summed E-state index contributed by atoms with van der Waals surface area (Å²) >= 11 is 0. The Bertz CT molecular complexity index is 874. The minimum atomic E-state index is -0.648. The summed E-state index contributed by atoms with van der Waals surface area (Å²) < 4.78 is 14.6. The van der Waals surface area contributed by atoms with Crippen LogP contribution >= 0.6 is 0 Å². The van der Waals surface area contributed by atoms with Crippen LogP contribution in [0.1, 0.15) is 17.3 Å². The second-order valence-corrected chi connectivity index (χ2v) is 6.03. The van der Waals surface area contributed by atoms with E-state index < -0.39 is 17.5 Å². The number of carbonyl (C=O) groups excluding carboxylic acids is 1. The van der Waals surface area contributed by atoms with E-state index in [1.54, 1.807) is 19.1 Å². The van der Waals surface area contributed by atoms with E-state index in [1.807, 2.05) is 4.90 Å². The Hall–Kier alpha value is -2.74. The van der Waals surface area contributed by atoms with Crippen LogP contribution in [0.15, 0.2) is 39.9 Å². The number of aryl methyl sites for hydroxylation is 1. The van der Waals surface area contributed by atoms with Crippen LogP contribution in [0.3, 0.4) is 0 Å². The normalized spacial score (nSPS) is 18.2. The average molecular weight is 346 g/mol. The Morgan fingerprint density at radius 1 is 1.20 bits per heavy atom. The molecule has 0 aliphatic carbocycles. The van der Waals surface area contributed by atoms with E-state index in [9.17, 15) is 18.8 Å². The summed E-state index contributed by atoms with van der Waals surface area (Å²) in [5.74, 6) is -0.635. The zero-order valence-corrected chi connectivity index (χ0v) is 13.8. The second kappa shape index (κ2) is 7.02. The molecule has 0 spiro atoms. The third-order valence-electron chi connectivity index (χ3n) is 4.24. The molecule has 1 aromatic heterocycles. The maximum Gasteiger partial charge on any atom is 0.328 e. The molecule has 2 heterocycles. The van der Waals surface area contributed by atoms with Gasteiger partial charge >= 0.3 is 5.69 Å². The molecule has 1 saturated heterocycles. The molecule has 0 radical (unpaired) electrons. The van der Waals surface area contributed by atoms with Crippen molar-refractivity contribution in [1.82, 2.24) is 19.8 Å². The highest BCUT2D eigenvalue weighted by Gasteiger charge is 2.31. The zero-order valence-electron chi connectivity index (χ0n) is 13.8. The first-order chi connectivity index (χ1) is 12.0. The number of nitrogens with zero attached hydrogens (tertiary/aromatic N) is 2. The van der Waals surface area contributed by atoms with Gasteiger partial charge in [0.15, 0.2) is 0 Å². The highest BCUT2D eigenvalue weighted by Crippen LogP contribution is 2.23. The van der Waals surface area contributed by atoms with Gasteiger partial charge in [0, 0.05) is 37.9 Å². The van der Waals surface area contributed by atoms with E-state index in [2.05, 4.69) is 10.3 Å². The highest BCUT2D eigenvalue weighted by molar-refractivity contribution is 5.83. The van der Waals surface area contributed by atoms with Crippen LogP contribution < -0.4 is 16.6 Å². The van der Waals surface area contributed by atoms with Crippen molar-refractivity contribution >= 4 is 5.91 Å². The van der Waals surface area contributed by atoms with Crippen LogP contribution in [0.4, 0.5) is 4.39 Å². The fraction of sp³-hybridized carbons (Fsp3) is 0.353. The number of halogens is 1. The van der Waals surface area contributed by atoms with Gasteiger partial charge in [-0.25, -0.2) is 9.18 Å². The molecular formula is C17H19FN4O3. The quantitative estimate of drug-likeness (QED) is 0.825. The number of piperazine rings is 1. The van der Waals surface area contributed by atoms with Gasteiger partial charge in [-0.3, -0.25) is 19.1 Å². The largest absolute Gasteiger partial charge is 0.353 e. The van der Waals surface area contributed by atoms with Gasteiger partial charge in [-0.15, -0.1) is 0 Å². The molecule has 0 unspecified atom stereocenters. The summed E-state index contributed by atoms with van der Waals surface area (Å²) in [6.07, 6.45) is 0. The molecule has 2 N–H and O–H groups in total. The molecule has 132 valence electrons. The molecular weight excluding hydrogens is 327 g/mol. The number of hydrogen-bond acceptors (Lipinski definition) is 4. The molecule has 7 nitrogen and oxygen atoms in total. The van der Waals surface area contributed by atoms with Gasteiger partial charge in [0.2, 0.25) is 5.91 Å². The van der Waals surface area contributed by atoms with Crippen molar-refractivity contribution in [3.63, 3.8) is 0 Å². The molecule has 2 aromatic rings. The molecule has 1 amide bonds. The van der Waals surface area contributed by atoms with Crippen LogP contribution in [-0.4, -0.2) is 40.0 Å². The van der Waals surface area contributed by atoms with E-state index in [-0.39, 0.29) is 18.0 Å². The van der Waals surface area contributed by atoms with Crippen LogP contribution in [0.25, 0.3) is 0 Å². The summed E-state index contributed by atoms with van der Waals surface area (Å²) in [7, 11) is 0. The average Bonchev–Trinajstić information content (AvgIpc) is 2.54. The SMILES string of the molecule is Cc1cc(=O)n(CCN2CCNC(=O)[C@H]2c2cccc(F)c2)c(=O)[nH]1. The second-order valence-electron chi connectivity index (χ2n) is 6.03. The Morgan fingerprint density at radius 3 is 2.72 bits per heavy atom. The minimum absolute atomic E-state index is 0.146. The van der Waals surface area contributed by atoms with Crippen LogP contribution in [0.5, 0.6) is 0 Å². The first kappa shape index (κ1) is 17.1. The molecule has 1 atom stereocenters. The number of rotatable bonds is 4. The highest BCUT2D eigenvalue weighted by atomic mass is 19.1. The van der Waals surface area contributed by atoms with Crippen LogP contribution in [0, 0.1) is 12.7 Å². The molecule has 1 aromatic carbocycles. The van der Waals surface area contributed by atoms with Crippen molar-refractivity contribution in [3.8, 4) is 0 Å². The summed E-state index contributed by atoms with van der Waals surface area (Å²) in [4.78, 5) is 40.7. The Kier molecular flexibility index (Phi) is 4.80. The molecule has 25 heavy (non-hydrogen) atoms. The fourth-order valence-corrected chi connectivity index (χ4v) is 3.07. The maximum absolute atomic E-state index is 13.5. The predicted octanol–water partition coefficient (Wildman–Crippen LogP) is 0.157. The first-order valence-corrected chi connectivity index (χ1v) is 8.04. The van der Waals surface area contributed by atoms with Gasteiger partial charge in [-0.1, -0.05) is 12.1 Å². The molecule has 8 heteroatoms. The van der Waals surface area contributed by atoms with Gasteiger partial charge in [0.05, 0.1) is 0 Å². The van der Waals surface area contributed by atoms with E-state index in [0.29, 0.717) is 30.9 Å². The van der Waals surface area contributed by atoms with Crippen molar-refractivity contribution in [3.05, 3.63) is 68.2 Å². The molecule has 0 saturated carbocycles. The lowest BCUT2D eigenvalue weighted by Crippen LogP contribution is -2.51. The fourth-order valence-electron chi connectivity index (χ4n) is 3.07. The number of aromatic amines is 1. The summed E-state index contributed by atoms with van der Waals surface area (Å²) in [6, 6.07) is 6.60. The third kappa shape index (κ3) is 3.69. The van der Waals surface area contributed by atoms with E-state index in [1.165, 1.54) is 18.2 Å². The van der Waals surface area contributed by atoms with Gasteiger partial charge in [0.25, 0.3) is 5.56 Å². The smallest absolute Gasteiger partial charge is 0.328 e. The Morgan fingerprint density at radius 2 is 2.00 bits per heavy atom. The van der Waals surface area contributed by atoms with E-state index >= 15 is 0 Å². The zero-order chi connectivity index (χ0) is 18.0. The van der Waals surface area contributed by atoms with Gasteiger partial charge in [-0.05, 0) is 24.6 Å². The number of hydrogen-bond donors (Lipinski definition) is 2. The van der Waals surface area contributed by atoms with Crippen molar-refractivity contribution in [1.29, 1.82) is 0 Å². The first-order valence-electron chi connectivity index (χ1n) is 8.04. The van der Waals surface area contributed by atoms with Crippen molar-refractivity contribution in [2.45, 2.75) is 19.5 Å². The number of H-pyrrole nitrogens is 1. The predicted molar refractivity (Wildman–Crippen MR) is 89.8 cm³/mol. The number of aromatic nitrogens is 2. The number of benzene rings is 1. The number of carbonyl (C=O) groups is 1. The van der Waals surface area contributed by atoms with Crippen LogP contribution in [0.2, 0.25) is 0 Å².